The van der Waals surface area contributed by atoms with Crippen LogP contribution in [-0.2, 0) is 0 Å². The molecule has 1 saturated heterocycles. The summed E-state index contributed by atoms with van der Waals surface area (Å²) >= 11 is 0. The third-order valence-electron chi connectivity index (χ3n) is 3.19. The van der Waals surface area contributed by atoms with E-state index >= 15 is 0 Å². The minimum atomic E-state index is -0.309. The van der Waals surface area contributed by atoms with Gasteiger partial charge in [0.05, 0.1) is 19.1 Å². The summed E-state index contributed by atoms with van der Waals surface area (Å²) in [7, 11) is 1.60. The highest BCUT2D eigenvalue weighted by Crippen LogP contribution is 2.37. The van der Waals surface area contributed by atoms with E-state index in [0.717, 1.165) is 18.8 Å². The molecule has 84 valence electrons. The number of ether oxygens (including phenoxy) is 2. The van der Waals surface area contributed by atoms with Crippen LogP contribution in [0.25, 0.3) is 0 Å². The van der Waals surface area contributed by atoms with Gasteiger partial charge in [-0.25, -0.2) is 0 Å². The third kappa shape index (κ3) is 1.30. The quantitative estimate of drug-likeness (QED) is 0.765. The van der Waals surface area contributed by atoms with Gasteiger partial charge in [0.15, 0.2) is 5.78 Å². The molecule has 2 aliphatic heterocycles. The molecule has 0 atom stereocenters. The number of hydrogen-bond acceptors (Lipinski definition) is 4. The summed E-state index contributed by atoms with van der Waals surface area (Å²) < 4.78 is 11.0. The molecule has 0 radical (unpaired) electrons. The lowest BCUT2D eigenvalue weighted by molar-refractivity contribution is 0.00228. The minimum absolute atomic E-state index is 0.158. The number of benzene rings is 1. The van der Waals surface area contributed by atoms with Gasteiger partial charge in [0.25, 0.3) is 0 Å². The number of methoxy groups -OCH3 is 1. The van der Waals surface area contributed by atoms with E-state index in [0.29, 0.717) is 17.7 Å². The van der Waals surface area contributed by atoms with Gasteiger partial charge < -0.3 is 14.8 Å². The molecule has 0 saturated carbocycles. The molecule has 2 aliphatic rings. The molecule has 16 heavy (non-hydrogen) atoms. The lowest BCUT2D eigenvalue weighted by Crippen LogP contribution is -2.65. The largest absolute Gasteiger partial charge is 0.497 e. The Labute approximate surface area is 93.5 Å². The van der Waals surface area contributed by atoms with Crippen molar-refractivity contribution in [2.45, 2.75) is 12.0 Å². The Bertz CT molecular complexity index is 452. The molecule has 0 bridgehead atoms. The van der Waals surface area contributed by atoms with Gasteiger partial charge in [0, 0.05) is 19.2 Å². The number of carbonyl (C=O) groups is 1. The van der Waals surface area contributed by atoms with Gasteiger partial charge in [-0.2, -0.15) is 0 Å². The number of nitrogens with one attached hydrogen (secondary N) is 1. The smallest absolute Gasteiger partial charge is 0.170 e. The van der Waals surface area contributed by atoms with Crippen LogP contribution in [0.1, 0.15) is 16.8 Å². The fourth-order valence-corrected chi connectivity index (χ4v) is 2.20. The third-order valence-corrected chi connectivity index (χ3v) is 3.19. The molecule has 0 aromatic heterocycles. The summed E-state index contributed by atoms with van der Waals surface area (Å²) in [6, 6.07) is 5.35. The summed E-state index contributed by atoms with van der Waals surface area (Å²) in [5.74, 6) is 1.53. The molecular formula is C12H13NO3. The van der Waals surface area contributed by atoms with Crippen molar-refractivity contribution in [1.29, 1.82) is 0 Å². The predicted molar refractivity (Wildman–Crippen MR) is 58.2 cm³/mol. The summed E-state index contributed by atoms with van der Waals surface area (Å²) in [6.07, 6.45) is 0.472. The lowest BCUT2D eigenvalue weighted by Gasteiger charge is -2.44. The molecule has 0 unspecified atom stereocenters. The summed E-state index contributed by atoms with van der Waals surface area (Å²) in [6.45, 7) is 1.49. The van der Waals surface area contributed by atoms with Crippen molar-refractivity contribution >= 4 is 5.78 Å². The van der Waals surface area contributed by atoms with E-state index in [9.17, 15) is 4.79 Å². The van der Waals surface area contributed by atoms with Crippen molar-refractivity contribution in [3.8, 4) is 11.5 Å². The maximum atomic E-state index is 11.9. The number of carbonyl (C=O) groups excluding carboxylic acids is 1. The van der Waals surface area contributed by atoms with Crippen LogP contribution in [0.2, 0.25) is 0 Å². The predicted octanol–water partition coefficient (Wildman–Crippen LogP) is 1.00. The van der Waals surface area contributed by atoms with Gasteiger partial charge in [0.2, 0.25) is 0 Å². The van der Waals surface area contributed by atoms with Crippen LogP contribution in [0.5, 0.6) is 11.5 Å². The number of rotatable bonds is 1. The van der Waals surface area contributed by atoms with Crippen LogP contribution in [0.4, 0.5) is 0 Å². The Morgan fingerprint density at radius 3 is 2.88 bits per heavy atom. The SMILES string of the molecule is COc1ccc2c(c1)OC1(CNC1)CC2=O. The van der Waals surface area contributed by atoms with Crippen LogP contribution in [0, 0.1) is 0 Å². The molecule has 1 spiro atoms. The molecule has 1 aromatic rings. The molecule has 1 N–H and O–H groups in total. The average Bonchev–Trinajstić information content (AvgIpc) is 2.26. The normalized spacial score (nSPS) is 20.9. The Balaban J connectivity index is 2.01. The van der Waals surface area contributed by atoms with Gasteiger partial charge in [-0.15, -0.1) is 0 Å². The van der Waals surface area contributed by atoms with E-state index in [4.69, 9.17) is 9.47 Å². The molecule has 3 rings (SSSR count). The Kier molecular flexibility index (Phi) is 1.94. The fraction of sp³-hybridized carbons (Fsp3) is 0.417. The second-order valence-electron chi connectivity index (χ2n) is 4.35. The van der Waals surface area contributed by atoms with Crippen molar-refractivity contribution < 1.29 is 14.3 Å². The fourth-order valence-electron chi connectivity index (χ4n) is 2.20. The summed E-state index contributed by atoms with van der Waals surface area (Å²) in [5, 5.41) is 3.14. The van der Waals surface area contributed by atoms with E-state index in [-0.39, 0.29) is 11.4 Å². The zero-order valence-corrected chi connectivity index (χ0v) is 9.08. The van der Waals surface area contributed by atoms with Gasteiger partial charge >= 0.3 is 0 Å². The zero-order valence-electron chi connectivity index (χ0n) is 9.08. The first-order chi connectivity index (χ1) is 7.72. The number of fused-ring (bicyclic) bond motifs is 1. The van der Waals surface area contributed by atoms with Crippen molar-refractivity contribution in [2.24, 2.45) is 0 Å². The standard InChI is InChI=1S/C12H13NO3/c1-15-8-2-3-9-10(14)5-12(6-13-7-12)16-11(9)4-8/h2-4,13H,5-7H2,1H3. The van der Waals surface area contributed by atoms with E-state index in [1.54, 1.807) is 25.3 Å². The van der Waals surface area contributed by atoms with E-state index < -0.39 is 0 Å². The van der Waals surface area contributed by atoms with Gasteiger partial charge in [-0.1, -0.05) is 0 Å². The number of ketones is 1. The summed E-state index contributed by atoms with van der Waals surface area (Å²) in [5.41, 5.74) is 0.356. The maximum absolute atomic E-state index is 11.9. The van der Waals surface area contributed by atoms with Crippen LogP contribution in [-0.4, -0.2) is 31.6 Å². The Morgan fingerprint density at radius 1 is 1.44 bits per heavy atom. The first kappa shape index (κ1) is 9.66. The van der Waals surface area contributed by atoms with Crippen molar-refractivity contribution in [2.75, 3.05) is 20.2 Å². The molecular weight excluding hydrogens is 206 g/mol. The second-order valence-corrected chi connectivity index (χ2v) is 4.35. The molecule has 1 aromatic carbocycles. The number of hydrogen-bond donors (Lipinski definition) is 1. The summed E-state index contributed by atoms with van der Waals surface area (Å²) in [4.78, 5) is 11.9. The van der Waals surface area contributed by atoms with Crippen LogP contribution < -0.4 is 14.8 Å². The Morgan fingerprint density at radius 2 is 2.25 bits per heavy atom. The van der Waals surface area contributed by atoms with Crippen LogP contribution in [0.15, 0.2) is 18.2 Å². The van der Waals surface area contributed by atoms with Crippen LogP contribution >= 0.6 is 0 Å². The second kappa shape index (κ2) is 3.22. The molecule has 2 heterocycles. The average molecular weight is 219 g/mol. The lowest BCUT2D eigenvalue weighted by atomic mass is 9.85. The van der Waals surface area contributed by atoms with Gasteiger partial charge in [-0.3, -0.25) is 4.79 Å². The number of Topliss-reactive ketones (excluding diaryl/α,β-unsaturated/α-hetero) is 1. The Hall–Kier alpha value is -1.55. The zero-order chi connectivity index (χ0) is 11.2. The first-order valence-corrected chi connectivity index (χ1v) is 5.33. The van der Waals surface area contributed by atoms with Gasteiger partial charge in [-0.05, 0) is 12.1 Å². The molecule has 0 amide bonds. The van der Waals surface area contributed by atoms with E-state index in [1.165, 1.54) is 0 Å². The monoisotopic (exact) mass is 219 g/mol. The van der Waals surface area contributed by atoms with E-state index in [1.807, 2.05) is 0 Å². The molecule has 4 nitrogen and oxygen atoms in total. The minimum Gasteiger partial charge on any atom is -0.497 e. The highest BCUT2D eigenvalue weighted by molar-refractivity contribution is 6.00. The molecule has 4 heteroatoms. The van der Waals surface area contributed by atoms with Crippen molar-refractivity contribution in [1.82, 2.24) is 5.32 Å². The highest BCUT2D eigenvalue weighted by atomic mass is 16.5. The van der Waals surface area contributed by atoms with Crippen LogP contribution in [0.3, 0.4) is 0 Å². The maximum Gasteiger partial charge on any atom is 0.170 e. The highest BCUT2D eigenvalue weighted by Gasteiger charge is 2.45. The van der Waals surface area contributed by atoms with Crippen molar-refractivity contribution in [3.05, 3.63) is 23.8 Å². The van der Waals surface area contributed by atoms with Crippen molar-refractivity contribution in [3.63, 3.8) is 0 Å². The van der Waals surface area contributed by atoms with Gasteiger partial charge in [0.1, 0.15) is 17.1 Å². The topological polar surface area (TPSA) is 47.6 Å². The molecule has 1 fully saturated rings. The molecule has 0 aliphatic carbocycles. The van der Waals surface area contributed by atoms with E-state index in [2.05, 4.69) is 5.32 Å². The first-order valence-electron chi connectivity index (χ1n) is 5.33.